The highest BCUT2D eigenvalue weighted by Crippen LogP contribution is 2.38. The molecule has 1 heterocycles. The fourth-order valence-corrected chi connectivity index (χ4v) is 3.03. The standard InChI is InChI=1S/C15H21NO4/c1-10-11-7-15(9-17,8-16(2)3)6-5-12(11)20-13(10)14(18)19-4/h9H,5-8H2,1-4H3. The van der Waals surface area contributed by atoms with Gasteiger partial charge in [0.05, 0.1) is 7.11 Å². The molecule has 0 radical (unpaired) electrons. The van der Waals surface area contributed by atoms with Crippen LogP contribution in [0.4, 0.5) is 0 Å². The summed E-state index contributed by atoms with van der Waals surface area (Å²) in [6, 6.07) is 0. The molecule has 110 valence electrons. The molecule has 0 spiro atoms. The van der Waals surface area contributed by atoms with Crippen LogP contribution in [0.1, 0.15) is 33.9 Å². The Labute approximate surface area is 118 Å². The number of carbonyl (C=O) groups is 2. The van der Waals surface area contributed by atoms with Crippen LogP contribution in [0.2, 0.25) is 0 Å². The molecule has 1 aliphatic rings. The van der Waals surface area contributed by atoms with Crippen molar-refractivity contribution in [3.8, 4) is 0 Å². The molecule has 5 nitrogen and oxygen atoms in total. The van der Waals surface area contributed by atoms with Gasteiger partial charge in [-0.25, -0.2) is 4.79 Å². The lowest BCUT2D eigenvalue weighted by molar-refractivity contribution is -0.117. The summed E-state index contributed by atoms with van der Waals surface area (Å²) in [5.41, 5.74) is 1.40. The molecule has 2 rings (SSSR count). The number of fused-ring (bicyclic) bond motifs is 1. The Bertz CT molecular complexity index is 532. The molecule has 0 saturated carbocycles. The lowest BCUT2D eigenvalue weighted by Gasteiger charge is -2.34. The summed E-state index contributed by atoms with van der Waals surface area (Å²) >= 11 is 0. The van der Waals surface area contributed by atoms with E-state index in [9.17, 15) is 9.59 Å². The number of methoxy groups -OCH3 is 1. The Hall–Kier alpha value is -1.62. The molecular formula is C15H21NO4. The smallest absolute Gasteiger partial charge is 0.374 e. The van der Waals surface area contributed by atoms with Crippen LogP contribution in [0.25, 0.3) is 0 Å². The fourth-order valence-electron chi connectivity index (χ4n) is 3.03. The first-order chi connectivity index (χ1) is 9.42. The molecule has 1 aromatic rings. The van der Waals surface area contributed by atoms with Gasteiger partial charge in [-0.05, 0) is 39.4 Å². The molecule has 5 heteroatoms. The minimum atomic E-state index is -0.457. The first-order valence-electron chi connectivity index (χ1n) is 6.73. The van der Waals surface area contributed by atoms with E-state index in [2.05, 4.69) is 0 Å². The molecule has 0 aromatic carbocycles. The molecule has 0 bridgehead atoms. The predicted molar refractivity (Wildman–Crippen MR) is 73.9 cm³/mol. The summed E-state index contributed by atoms with van der Waals surface area (Å²) in [4.78, 5) is 25.3. The monoisotopic (exact) mass is 279 g/mol. The van der Waals surface area contributed by atoms with Crippen LogP contribution >= 0.6 is 0 Å². The number of rotatable bonds is 4. The van der Waals surface area contributed by atoms with Gasteiger partial charge in [-0.15, -0.1) is 0 Å². The van der Waals surface area contributed by atoms with Gasteiger partial charge in [0.2, 0.25) is 5.76 Å². The van der Waals surface area contributed by atoms with Crippen molar-refractivity contribution in [2.24, 2.45) is 5.41 Å². The minimum absolute atomic E-state index is 0.268. The highest BCUT2D eigenvalue weighted by atomic mass is 16.5. The Morgan fingerprint density at radius 2 is 2.20 bits per heavy atom. The van der Waals surface area contributed by atoms with Crippen molar-refractivity contribution in [2.75, 3.05) is 27.7 Å². The van der Waals surface area contributed by atoms with Crippen molar-refractivity contribution in [2.45, 2.75) is 26.2 Å². The lowest BCUT2D eigenvalue weighted by atomic mass is 9.73. The van der Waals surface area contributed by atoms with E-state index in [1.54, 1.807) is 0 Å². The maximum atomic E-state index is 11.7. The quantitative estimate of drug-likeness (QED) is 0.619. The zero-order valence-electron chi connectivity index (χ0n) is 12.5. The van der Waals surface area contributed by atoms with Gasteiger partial charge in [0.25, 0.3) is 0 Å². The minimum Gasteiger partial charge on any atom is -0.463 e. The van der Waals surface area contributed by atoms with Gasteiger partial charge in [0.15, 0.2) is 0 Å². The van der Waals surface area contributed by atoms with Crippen molar-refractivity contribution in [1.29, 1.82) is 0 Å². The van der Waals surface area contributed by atoms with Gasteiger partial charge < -0.3 is 18.8 Å². The first kappa shape index (κ1) is 14.8. The molecule has 20 heavy (non-hydrogen) atoms. The van der Waals surface area contributed by atoms with Crippen LogP contribution < -0.4 is 0 Å². The average Bonchev–Trinajstić information content (AvgIpc) is 2.74. The second-order valence-electron chi connectivity index (χ2n) is 5.84. The summed E-state index contributed by atoms with van der Waals surface area (Å²) in [7, 11) is 5.26. The van der Waals surface area contributed by atoms with E-state index in [-0.39, 0.29) is 5.76 Å². The van der Waals surface area contributed by atoms with E-state index in [0.29, 0.717) is 19.4 Å². The number of ether oxygens (including phenoxy) is 1. The summed E-state index contributed by atoms with van der Waals surface area (Å²) in [5, 5.41) is 0. The van der Waals surface area contributed by atoms with E-state index in [1.807, 2.05) is 25.9 Å². The fraction of sp³-hybridized carbons (Fsp3) is 0.600. The van der Waals surface area contributed by atoms with Crippen LogP contribution in [-0.2, 0) is 22.4 Å². The number of carbonyl (C=O) groups excluding carboxylic acids is 2. The number of nitrogens with zero attached hydrogens (tertiary/aromatic N) is 1. The molecule has 1 aliphatic carbocycles. The van der Waals surface area contributed by atoms with E-state index in [0.717, 1.165) is 29.6 Å². The second-order valence-corrected chi connectivity index (χ2v) is 5.84. The van der Waals surface area contributed by atoms with Crippen molar-refractivity contribution in [3.05, 3.63) is 22.6 Å². The summed E-state index contributed by atoms with van der Waals surface area (Å²) in [5.74, 6) is 0.629. The Morgan fingerprint density at radius 3 is 2.75 bits per heavy atom. The third-order valence-electron chi connectivity index (χ3n) is 3.99. The topological polar surface area (TPSA) is 59.8 Å². The van der Waals surface area contributed by atoms with Crippen LogP contribution in [0.5, 0.6) is 0 Å². The summed E-state index contributed by atoms with van der Waals surface area (Å²) < 4.78 is 10.4. The number of furan rings is 1. The molecular weight excluding hydrogens is 258 g/mol. The maximum Gasteiger partial charge on any atom is 0.374 e. The molecule has 0 fully saturated rings. The van der Waals surface area contributed by atoms with Crippen LogP contribution in [0.15, 0.2) is 4.42 Å². The van der Waals surface area contributed by atoms with E-state index in [4.69, 9.17) is 9.15 Å². The molecule has 0 aliphatic heterocycles. The van der Waals surface area contributed by atoms with Crippen LogP contribution in [-0.4, -0.2) is 44.9 Å². The third kappa shape index (κ3) is 2.50. The third-order valence-corrected chi connectivity index (χ3v) is 3.99. The van der Waals surface area contributed by atoms with E-state index in [1.165, 1.54) is 7.11 Å². The second kappa shape index (κ2) is 5.40. The highest BCUT2D eigenvalue weighted by Gasteiger charge is 2.38. The number of aryl methyl sites for hydroxylation is 1. The molecule has 1 unspecified atom stereocenters. The highest BCUT2D eigenvalue weighted by molar-refractivity contribution is 5.88. The van der Waals surface area contributed by atoms with Crippen LogP contribution in [0, 0.1) is 12.3 Å². The summed E-state index contributed by atoms with van der Waals surface area (Å²) in [6.45, 7) is 2.55. The van der Waals surface area contributed by atoms with Crippen molar-refractivity contribution < 1.29 is 18.7 Å². The first-order valence-corrected chi connectivity index (χ1v) is 6.73. The van der Waals surface area contributed by atoms with E-state index >= 15 is 0 Å². The SMILES string of the molecule is COC(=O)c1oc2c(c1C)CC(C=O)(CN(C)C)CC2. The van der Waals surface area contributed by atoms with Gasteiger partial charge in [0, 0.05) is 23.9 Å². The van der Waals surface area contributed by atoms with Crippen molar-refractivity contribution in [1.82, 2.24) is 4.90 Å². The Kier molecular flexibility index (Phi) is 3.99. The van der Waals surface area contributed by atoms with Gasteiger partial charge >= 0.3 is 5.97 Å². The Balaban J connectivity index is 2.36. The Morgan fingerprint density at radius 1 is 1.50 bits per heavy atom. The largest absolute Gasteiger partial charge is 0.463 e. The number of hydrogen-bond donors (Lipinski definition) is 0. The van der Waals surface area contributed by atoms with Gasteiger partial charge in [-0.3, -0.25) is 0 Å². The molecule has 1 atom stereocenters. The van der Waals surface area contributed by atoms with Crippen molar-refractivity contribution >= 4 is 12.3 Å². The molecule has 1 aromatic heterocycles. The average molecular weight is 279 g/mol. The van der Waals surface area contributed by atoms with Gasteiger partial charge in [-0.1, -0.05) is 0 Å². The molecule has 0 amide bonds. The maximum absolute atomic E-state index is 11.7. The number of esters is 1. The predicted octanol–water partition coefficient (Wildman–Crippen LogP) is 1.61. The molecule has 0 N–H and O–H groups in total. The van der Waals surface area contributed by atoms with Gasteiger partial charge in [0.1, 0.15) is 12.0 Å². The zero-order chi connectivity index (χ0) is 14.9. The normalized spacial score (nSPS) is 21.6. The van der Waals surface area contributed by atoms with Crippen LogP contribution in [0.3, 0.4) is 0 Å². The zero-order valence-corrected chi connectivity index (χ0v) is 12.5. The van der Waals surface area contributed by atoms with Gasteiger partial charge in [-0.2, -0.15) is 0 Å². The lowest BCUT2D eigenvalue weighted by Crippen LogP contribution is -2.39. The van der Waals surface area contributed by atoms with E-state index < -0.39 is 11.4 Å². The molecule has 0 saturated heterocycles. The van der Waals surface area contributed by atoms with Crippen molar-refractivity contribution in [3.63, 3.8) is 0 Å². The summed E-state index contributed by atoms with van der Waals surface area (Å²) in [6.07, 6.45) is 3.10. The number of aldehydes is 1. The number of hydrogen-bond acceptors (Lipinski definition) is 5.